The summed E-state index contributed by atoms with van der Waals surface area (Å²) in [5.74, 6) is 4.68. The second kappa shape index (κ2) is 8.58. The van der Waals surface area contributed by atoms with Gasteiger partial charge in [0, 0.05) is 25.9 Å². The lowest BCUT2D eigenvalue weighted by Gasteiger charge is -2.58. The molecular formula is C29H45NO2. The summed E-state index contributed by atoms with van der Waals surface area (Å²) in [5, 5.41) is 0. The number of nitrogens with zero attached hydrogens (tertiary/aromatic N) is 1. The summed E-state index contributed by atoms with van der Waals surface area (Å²) in [6.45, 7) is 9.53. The maximum atomic E-state index is 12.8. The Morgan fingerprint density at radius 3 is 2.59 bits per heavy atom. The molecule has 3 saturated carbocycles. The lowest BCUT2D eigenvalue weighted by molar-refractivity contribution is -0.132. The first-order valence-corrected chi connectivity index (χ1v) is 13.8. The molecule has 1 saturated heterocycles. The average molecular weight is 440 g/mol. The van der Waals surface area contributed by atoms with E-state index < -0.39 is 0 Å². The second-order valence-corrected chi connectivity index (χ2v) is 12.7. The van der Waals surface area contributed by atoms with Gasteiger partial charge in [0.2, 0.25) is 5.91 Å². The zero-order valence-electron chi connectivity index (χ0n) is 20.8. The molecular weight excluding hydrogens is 394 g/mol. The normalized spacial score (nSPS) is 42.5. The Morgan fingerprint density at radius 1 is 1.03 bits per heavy atom. The van der Waals surface area contributed by atoms with Crippen LogP contribution in [-0.2, 0) is 9.59 Å². The third-order valence-electron chi connectivity index (χ3n) is 11.2. The molecule has 0 spiro atoms. The van der Waals surface area contributed by atoms with E-state index in [4.69, 9.17) is 0 Å². The molecule has 3 heteroatoms. The fraction of sp³-hybridized carbons (Fsp3) is 0.862. The van der Waals surface area contributed by atoms with Crippen LogP contribution in [0.2, 0.25) is 0 Å². The van der Waals surface area contributed by atoms with Crippen molar-refractivity contribution in [2.24, 2.45) is 40.4 Å². The SMILES string of the molecule is CC(CCC(=O)N1CCCCC1)C1CCC2C3CCC4=CC(=O)CCC4(C)C3CCC12C. The van der Waals surface area contributed by atoms with Crippen LogP contribution in [0.1, 0.15) is 104 Å². The number of hydrogen-bond acceptors (Lipinski definition) is 2. The number of fused-ring (bicyclic) bond motifs is 5. The van der Waals surface area contributed by atoms with Crippen molar-refractivity contribution in [3.8, 4) is 0 Å². The lowest BCUT2D eigenvalue weighted by atomic mass is 9.46. The van der Waals surface area contributed by atoms with Gasteiger partial charge in [0.1, 0.15) is 0 Å². The van der Waals surface area contributed by atoms with Crippen LogP contribution in [0, 0.1) is 40.4 Å². The van der Waals surface area contributed by atoms with Crippen molar-refractivity contribution >= 4 is 11.7 Å². The van der Waals surface area contributed by atoms with E-state index in [1.54, 1.807) is 0 Å². The van der Waals surface area contributed by atoms with Crippen molar-refractivity contribution in [3.63, 3.8) is 0 Å². The van der Waals surface area contributed by atoms with Gasteiger partial charge >= 0.3 is 0 Å². The van der Waals surface area contributed by atoms with E-state index in [9.17, 15) is 9.59 Å². The quantitative estimate of drug-likeness (QED) is 0.497. The molecule has 7 atom stereocenters. The van der Waals surface area contributed by atoms with E-state index in [1.807, 2.05) is 6.08 Å². The predicted molar refractivity (Wildman–Crippen MR) is 129 cm³/mol. The van der Waals surface area contributed by atoms with E-state index in [-0.39, 0.29) is 5.41 Å². The van der Waals surface area contributed by atoms with Crippen LogP contribution in [0.5, 0.6) is 0 Å². The fourth-order valence-electron chi connectivity index (χ4n) is 9.39. The molecule has 3 nitrogen and oxygen atoms in total. The highest BCUT2D eigenvalue weighted by Gasteiger charge is 2.59. The Hall–Kier alpha value is -1.12. The number of likely N-dealkylation sites (tertiary alicyclic amines) is 1. The molecule has 178 valence electrons. The third-order valence-corrected chi connectivity index (χ3v) is 11.2. The van der Waals surface area contributed by atoms with Crippen molar-refractivity contribution in [3.05, 3.63) is 11.6 Å². The highest BCUT2D eigenvalue weighted by Crippen LogP contribution is 2.67. The van der Waals surface area contributed by atoms with Gasteiger partial charge in [-0.3, -0.25) is 9.59 Å². The van der Waals surface area contributed by atoms with Crippen LogP contribution >= 0.6 is 0 Å². The zero-order valence-corrected chi connectivity index (χ0v) is 20.8. The average Bonchev–Trinajstić information content (AvgIpc) is 3.15. The summed E-state index contributed by atoms with van der Waals surface area (Å²) < 4.78 is 0. The van der Waals surface area contributed by atoms with Crippen molar-refractivity contribution in [2.45, 2.75) is 104 Å². The zero-order chi connectivity index (χ0) is 22.5. The minimum absolute atomic E-state index is 0.280. The van der Waals surface area contributed by atoms with E-state index in [2.05, 4.69) is 25.7 Å². The smallest absolute Gasteiger partial charge is 0.222 e. The van der Waals surface area contributed by atoms with Crippen LogP contribution in [0.25, 0.3) is 0 Å². The first-order valence-electron chi connectivity index (χ1n) is 13.8. The molecule has 0 aromatic rings. The lowest BCUT2D eigenvalue weighted by Crippen LogP contribution is -2.51. The third kappa shape index (κ3) is 3.70. The Morgan fingerprint density at radius 2 is 1.81 bits per heavy atom. The molecule has 0 aromatic carbocycles. The van der Waals surface area contributed by atoms with Gasteiger partial charge in [0.25, 0.3) is 0 Å². The maximum Gasteiger partial charge on any atom is 0.222 e. The molecule has 0 bridgehead atoms. The summed E-state index contributed by atoms with van der Waals surface area (Å²) in [5.41, 5.74) is 2.22. The molecule has 0 radical (unpaired) electrons. The molecule has 1 amide bonds. The summed E-state index contributed by atoms with van der Waals surface area (Å²) in [4.78, 5) is 27.0. The molecule has 0 aromatic heterocycles. The summed E-state index contributed by atoms with van der Waals surface area (Å²) >= 11 is 0. The predicted octanol–water partition coefficient (Wildman–Crippen LogP) is 6.56. The number of carbonyl (C=O) groups is 2. The number of carbonyl (C=O) groups excluding carboxylic acids is 2. The minimum atomic E-state index is 0.280. The number of piperidine rings is 1. The molecule has 5 rings (SSSR count). The second-order valence-electron chi connectivity index (χ2n) is 12.7. The van der Waals surface area contributed by atoms with Gasteiger partial charge in [0.15, 0.2) is 5.78 Å². The molecule has 4 aliphatic carbocycles. The van der Waals surface area contributed by atoms with Crippen LogP contribution in [0.4, 0.5) is 0 Å². The van der Waals surface area contributed by atoms with E-state index in [0.29, 0.717) is 23.0 Å². The van der Waals surface area contributed by atoms with Crippen molar-refractivity contribution in [2.75, 3.05) is 13.1 Å². The van der Waals surface area contributed by atoms with Gasteiger partial charge in [-0.15, -0.1) is 0 Å². The van der Waals surface area contributed by atoms with Gasteiger partial charge in [-0.05, 0) is 117 Å². The van der Waals surface area contributed by atoms with Crippen LogP contribution in [0.3, 0.4) is 0 Å². The summed E-state index contributed by atoms with van der Waals surface area (Å²) in [7, 11) is 0. The molecule has 0 N–H and O–H groups in total. The summed E-state index contributed by atoms with van der Waals surface area (Å²) in [6, 6.07) is 0. The number of amides is 1. The topological polar surface area (TPSA) is 37.4 Å². The molecule has 1 heterocycles. The molecule has 4 fully saturated rings. The first kappa shape index (κ1) is 22.7. The Balaban J connectivity index is 1.25. The monoisotopic (exact) mass is 439 g/mol. The van der Waals surface area contributed by atoms with Crippen LogP contribution in [0.15, 0.2) is 11.6 Å². The highest BCUT2D eigenvalue weighted by molar-refractivity contribution is 5.91. The van der Waals surface area contributed by atoms with Gasteiger partial charge in [-0.25, -0.2) is 0 Å². The molecule has 7 unspecified atom stereocenters. The van der Waals surface area contributed by atoms with Crippen molar-refractivity contribution < 1.29 is 9.59 Å². The molecule has 1 aliphatic heterocycles. The molecule has 5 aliphatic rings. The number of allylic oxidation sites excluding steroid dienone is 1. The fourth-order valence-corrected chi connectivity index (χ4v) is 9.39. The number of rotatable bonds is 4. The Kier molecular flexibility index (Phi) is 6.08. The van der Waals surface area contributed by atoms with Crippen LogP contribution < -0.4 is 0 Å². The number of ketones is 1. The van der Waals surface area contributed by atoms with E-state index in [1.165, 1.54) is 56.9 Å². The van der Waals surface area contributed by atoms with Crippen molar-refractivity contribution in [1.29, 1.82) is 0 Å². The van der Waals surface area contributed by atoms with Gasteiger partial charge in [0.05, 0.1) is 0 Å². The Bertz CT molecular complexity index is 780. The van der Waals surface area contributed by atoms with E-state index >= 15 is 0 Å². The van der Waals surface area contributed by atoms with Gasteiger partial charge < -0.3 is 4.90 Å². The highest BCUT2D eigenvalue weighted by atomic mass is 16.2. The first-order chi connectivity index (χ1) is 15.3. The van der Waals surface area contributed by atoms with Gasteiger partial charge in [-0.2, -0.15) is 0 Å². The van der Waals surface area contributed by atoms with Crippen LogP contribution in [-0.4, -0.2) is 29.7 Å². The number of hydrogen-bond donors (Lipinski definition) is 0. The Labute approximate surface area is 195 Å². The van der Waals surface area contributed by atoms with E-state index in [0.717, 1.165) is 68.9 Å². The van der Waals surface area contributed by atoms with Gasteiger partial charge in [-0.1, -0.05) is 26.3 Å². The standard InChI is InChI=1S/C29H45NO2/c1-20(7-12-27(32)30-17-5-4-6-18-30)24-10-11-25-23-9-8-21-19-22(31)13-15-28(21,2)26(23)14-16-29(24,25)3/h19-20,23-26H,4-18H2,1-3H3. The van der Waals surface area contributed by atoms with Crippen molar-refractivity contribution in [1.82, 2.24) is 4.90 Å². The summed E-state index contributed by atoms with van der Waals surface area (Å²) in [6.07, 6.45) is 17.3. The maximum absolute atomic E-state index is 12.8. The largest absolute Gasteiger partial charge is 0.343 e. The molecule has 32 heavy (non-hydrogen) atoms. The minimum Gasteiger partial charge on any atom is -0.343 e.